The molecule has 0 saturated carbocycles. The van der Waals surface area contributed by atoms with Crippen LogP contribution in [0, 0.1) is 0 Å². The van der Waals surface area contributed by atoms with E-state index >= 15 is 0 Å². The molecular weight excluding hydrogens is 961 g/mol. The van der Waals surface area contributed by atoms with Gasteiger partial charge in [0, 0.05) is 22.5 Å². The molecule has 0 aliphatic carbocycles. The van der Waals surface area contributed by atoms with Crippen molar-refractivity contribution in [1.29, 1.82) is 0 Å². The maximum atomic E-state index is 3.89. The van der Waals surface area contributed by atoms with Crippen LogP contribution >= 0.6 is 118 Å². The lowest BCUT2D eigenvalue weighted by Crippen LogP contribution is -2.21. The summed E-state index contributed by atoms with van der Waals surface area (Å²) in [5.74, 6) is 0. The summed E-state index contributed by atoms with van der Waals surface area (Å²) in [6.45, 7) is 10.1. The SMILES string of the molecule is Brc1n[nH]nc1Br.C.C.CCN(CC)CC.CI.Cn1nc(Br)c(Br)n1.Cn1nnc(Br)c1Br.[B]. The molecular formula is C17H33BBr6IN10. The zero-order chi connectivity index (χ0) is 25.3. The minimum Gasteiger partial charge on any atom is -0.304 e. The van der Waals surface area contributed by atoms with Crippen LogP contribution in [0.1, 0.15) is 35.6 Å². The maximum Gasteiger partial charge on any atom is 0.162 e. The predicted molar refractivity (Wildman–Crippen MR) is 177 cm³/mol. The highest BCUT2D eigenvalue weighted by Crippen LogP contribution is 2.17. The number of aryl methyl sites for hydroxylation is 2. The summed E-state index contributed by atoms with van der Waals surface area (Å²) < 4.78 is 6.10. The highest BCUT2D eigenvalue weighted by atomic mass is 127. The van der Waals surface area contributed by atoms with Gasteiger partial charge in [-0.1, -0.05) is 63.4 Å². The molecule has 3 aromatic rings. The molecule has 0 aromatic carbocycles. The van der Waals surface area contributed by atoms with Crippen LogP contribution < -0.4 is 0 Å². The summed E-state index contributed by atoms with van der Waals surface area (Å²) in [6, 6.07) is 0. The number of nitrogens with zero attached hydrogens (tertiary/aromatic N) is 9. The normalized spacial score (nSPS) is 8.63. The number of hydrogen-bond acceptors (Lipinski definition) is 7. The second-order valence-corrected chi connectivity index (χ2v) is 9.60. The third-order valence-corrected chi connectivity index (χ3v) is 8.36. The Bertz CT molecular complexity index is 799. The van der Waals surface area contributed by atoms with Gasteiger partial charge in [0.05, 0.1) is 0 Å². The fourth-order valence-corrected chi connectivity index (χ4v) is 2.99. The van der Waals surface area contributed by atoms with E-state index in [-0.39, 0.29) is 23.3 Å². The van der Waals surface area contributed by atoms with E-state index in [1.807, 2.05) is 12.0 Å². The topological polar surface area (TPSA) is 106 Å². The Kier molecular flexibility index (Phi) is 36.8. The summed E-state index contributed by atoms with van der Waals surface area (Å²) in [6.07, 6.45) is 0. The lowest BCUT2D eigenvalue weighted by Gasteiger charge is -2.13. The van der Waals surface area contributed by atoms with Crippen molar-refractivity contribution in [3.8, 4) is 0 Å². The zero-order valence-corrected chi connectivity index (χ0v) is 30.5. The molecule has 3 heterocycles. The van der Waals surface area contributed by atoms with Crippen LogP contribution in [0.15, 0.2) is 27.6 Å². The van der Waals surface area contributed by atoms with Crippen LogP contribution in [0.25, 0.3) is 0 Å². The number of nitrogens with one attached hydrogen (secondary N) is 1. The number of halogens is 7. The Hall–Kier alpha value is 1.05. The van der Waals surface area contributed by atoms with Gasteiger partial charge in [-0.05, 0) is 120 Å². The van der Waals surface area contributed by atoms with Crippen molar-refractivity contribution >= 4 is 127 Å². The summed E-state index contributed by atoms with van der Waals surface area (Å²) >= 11 is 21.1. The minimum absolute atomic E-state index is 0. The van der Waals surface area contributed by atoms with E-state index in [0.29, 0.717) is 9.21 Å². The second-order valence-electron chi connectivity index (χ2n) is 5.09. The molecule has 203 valence electrons. The first kappa shape index (κ1) is 45.9. The van der Waals surface area contributed by atoms with Gasteiger partial charge >= 0.3 is 0 Å². The standard InChI is InChI=1S/C6H15N.2C3H3Br2N3.C2HBr2N3.CH3I.2CH4.B/c1-4-7(5-2)6-3;1-8-3(5)2(4)6-7-8;1-8-6-2(4)3(5)7-8;3-1-2(4)6-7-5-1;1-2;;;/h4-6H2,1-3H3;2*1H3;(H,5,6,7);1H3;2*1H4;. The average molecular weight is 995 g/mol. The molecule has 1 N–H and O–H groups in total. The van der Waals surface area contributed by atoms with Gasteiger partial charge in [-0.2, -0.15) is 10.0 Å². The molecule has 35 heavy (non-hydrogen) atoms. The van der Waals surface area contributed by atoms with Gasteiger partial charge in [-0.3, -0.25) is 0 Å². The molecule has 0 spiro atoms. The summed E-state index contributed by atoms with van der Waals surface area (Å²) in [5.41, 5.74) is 0. The molecule has 0 saturated heterocycles. The van der Waals surface area contributed by atoms with Gasteiger partial charge in [-0.25, -0.2) is 4.68 Å². The van der Waals surface area contributed by atoms with Crippen molar-refractivity contribution in [3.63, 3.8) is 0 Å². The Labute approximate surface area is 275 Å². The van der Waals surface area contributed by atoms with Crippen molar-refractivity contribution in [2.45, 2.75) is 35.6 Å². The lowest BCUT2D eigenvalue weighted by atomic mass is 10.5. The van der Waals surface area contributed by atoms with Crippen molar-refractivity contribution in [3.05, 3.63) is 27.6 Å². The number of aromatic nitrogens is 9. The van der Waals surface area contributed by atoms with Gasteiger partial charge in [0.25, 0.3) is 0 Å². The molecule has 0 amide bonds. The van der Waals surface area contributed by atoms with Crippen LogP contribution in [0.3, 0.4) is 0 Å². The Morgan fingerprint density at radius 1 is 0.743 bits per heavy atom. The number of hydrogen-bond donors (Lipinski definition) is 1. The summed E-state index contributed by atoms with van der Waals surface area (Å²) in [7, 11) is 3.57. The monoisotopic (exact) mass is 989 g/mol. The van der Waals surface area contributed by atoms with E-state index < -0.39 is 0 Å². The van der Waals surface area contributed by atoms with Gasteiger partial charge in [0.2, 0.25) is 0 Å². The lowest BCUT2D eigenvalue weighted by molar-refractivity contribution is 0.321. The quantitative estimate of drug-likeness (QED) is 0.167. The van der Waals surface area contributed by atoms with Gasteiger partial charge in [-0.15, -0.1) is 25.5 Å². The van der Waals surface area contributed by atoms with Crippen molar-refractivity contribution < 1.29 is 0 Å². The van der Waals surface area contributed by atoms with Crippen molar-refractivity contribution in [2.75, 3.05) is 24.6 Å². The molecule has 0 unspecified atom stereocenters. The van der Waals surface area contributed by atoms with Crippen LogP contribution in [0.2, 0.25) is 0 Å². The fraction of sp³-hybridized carbons (Fsp3) is 0.647. The molecule has 10 nitrogen and oxygen atoms in total. The number of alkyl halides is 1. The Morgan fingerprint density at radius 2 is 1.11 bits per heavy atom. The molecule has 3 rings (SSSR count). The first-order valence-electron chi connectivity index (χ1n) is 8.82. The molecule has 0 atom stereocenters. The highest BCUT2D eigenvalue weighted by molar-refractivity contribution is 14.1. The fourth-order valence-electron chi connectivity index (χ4n) is 1.56. The molecule has 0 aliphatic rings. The van der Waals surface area contributed by atoms with Crippen molar-refractivity contribution in [2.24, 2.45) is 14.1 Å². The first-order valence-corrected chi connectivity index (χ1v) is 15.7. The van der Waals surface area contributed by atoms with E-state index in [0.717, 1.165) is 18.4 Å². The van der Waals surface area contributed by atoms with Crippen LogP contribution in [-0.2, 0) is 14.1 Å². The molecule has 18 heteroatoms. The second kappa shape index (κ2) is 28.1. The minimum atomic E-state index is 0. The highest BCUT2D eigenvalue weighted by Gasteiger charge is 2.00. The van der Waals surface area contributed by atoms with Crippen LogP contribution in [-0.4, -0.2) is 83.3 Å². The van der Waals surface area contributed by atoms with Crippen LogP contribution in [0.5, 0.6) is 0 Å². The van der Waals surface area contributed by atoms with Gasteiger partial charge in [0.15, 0.2) is 23.0 Å². The number of H-pyrrole nitrogens is 1. The molecule has 0 aliphatic heterocycles. The maximum absolute atomic E-state index is 3.89. The predicted octanol–water partition coefficient (Wildman–Crippen LogP) is 7.30. The zero-order valence-electron chi connectivity index (χ0n) is 18.9. The average Bonchev–Trinajstić information content (AvgIpc) is 3.40. The summed E-state index contributed by atoms with van der Waals surface area (Å²) in [4.78, 5) is 5.83. The Balaban J connectivity index is -0.000000109. The van der Waals surface area contributed by atoms with E-state index in [9.17, 15) is 0 Å². The first-order chi connectivity index (χ1) is 15.1. The third kappa shape index (κ3) is 21.7. The molecule has 3 aromatic heterocycles. The van der Waals surface area contributed by atoms with E-state index in [4.69, 9.17) is 0 Å². The molecule has 3 radical (unpaired) electrons. The Morgan fingerprint density at radius 3 is 1.20 bits per heavy atom. The largest absolute Gasteiger partial charge is 0.304 e. The smallest absolute Gasteiger partial charge is 0.162 e. The summed E-state index contributed by atoms with van der Waals surface area (Å²) in [5, 5.41) is 24.9. The van der Waals surface area contributed by atoms with Gasteiger partial charge < -0.3 is 4.90 Å². The van der Waals surface area contributed by atoms with E-state index in [2.05, 4.69) is 180 Å². The third-order valence-electron chi connectivity index (χ3n) is 3.16. The van der Waals surface area contributed by atoms with Crippen molar-refractivity contribution in [1.82, 2.24) is 50.3 Å². The number of rotatable bonds is 3. The number of aromatic amines is 1. The van der Waals surface area contributed by atoms with E-state index in [1.165, 1.54) is 24.4 Å². The van der Waals surface area contributed by atoms with E-state index in [1.54, 1.807) is 11.7 Å². The van der Waals surface area contributed by atoms with Crippen LogP contribution in [0.4, 0.5) is 0 Å². The molecule has 0 fully saturated rings. The van der Waals surface area contributed by atoms with Gasteiger partial charge in [0.1, 0.15) is 4.60 Å². The molecule has 0 bridgehead atoms.